The van der Waals surface area contributed by atoms with Crippen LogP contribution in [0.15, 0.2) is 24.3 Å². The Morgan fingerprint density at radius 1 is 1.32 bits per heavy atom. The summed E-state index contributed by atoms with van der Waals surface area (Å²) in [4.78, 5) is 14.8. The summed E-state index contributed by atoms with van der Waals surface area (Å²) in [6.07, 6.45) is 1.68. The number of sulfonamides is 1. The van der Waals surface area contributed by atoms with Crippen molar-refractivity contribution in [3.8, 4) is 0 Å². The van der Waals surface area contributed by atoms with Crippen molar-refractivity contribution in [1.29, 1.82) is 0 Å². The van der Waals surface area contributed by atoms with Gasteiger partial charge in [-0.05, 0) is 37.6 Å². The zero-order valence-electron chi connectivity index (χ0n) is 12.5. The number of H-pyrrole nitrogens is 1. The van der Waals surface area contributed by atoms with Gasteiger partial charge in [-0.2, -0.15) is 0 Å². The molecule has 122 valence electrons. The van der Waals surface area contributed by atoms with Gasteiger partial charge in [-0.3, -0.25) is 10.2 Å². The first-order valence-corrected chi connectivity index (χ1v) is 8.84. The summed E-state index contributed by atoms with van der Waals surface area (Å²) >= 11 is 5.81. The van der Waals surface area contributed by atoms with Crippen LogP contribution in [0.25, 0.3) is 10.9 Å². The van der Waals surface area contributed by atoms with Gasteiger partial charge in [0.05, 0.1) is 5.75 Å². The van der Waals surface area contributed by atoms with E-state index in [1.165, 1.54) is 11.1 Å². The molecule has 0 saturated heterocycles. The molecule has 0 saturated carbocycles. The summed E-state index contributed by atoms with van der Waals surface area (Å²) < 4.78 is 21.6. The molecule has 3 N–H and O–H groups in total. The molecule has 8 heteroatoms. The number of carbonyl (C=O) groups excluding carboxylic acids is 1. The van der Waals surface area contributed by atoms with Gasteiger partial charge in [0.25, 0.3) is 0 Å². The zero-order chi connectivity index (χ0) is 16.6. The molecule has 1 aromatic carbocycles. The molecule has 1 amide bonds. The van der Waals surface area contributed by atoms with Crippen molar-refractivity contribution in [2.24, 2.45) is 0 Å². The Hall–Kier alpha value is -1.57. The molecule has 2 aromatic rings. The number of halogens is 1. The second kappa shape index (κ2) is 8.77. The number of benzene rings is 1. The van der Waals surface area contributed by atoms with Gasteiger partial charge in [-0.1, -0.05) is 24.9 Å². The van der Waals surface area contributed by atoms with Crippen molar-refractivity contribution in [1.82, 2.24) is 15.2 Å². The Balaban J connectivity index is 0.000000220. The minimum absolute atomic E-state index is 0.0460. The van der Waals surface area contributed by atoms with Crippen LogP contribution < -0.4 is 10.3 Å². The van der Waals surface area contributed by atoms with Crippen LogP contribution in [0.5, 0.6) is 0 Å². The van der Waals surface area contributed by atoms with Crippen molar-refractivity contribution in [2.75, 3.05) is 5.75 Å². The molecule has 0 unspecified atom stereocenters. The van der Waals surface area contributed by atoms with Crippen LogP contribution in [-0.4, -0.2) is 25.6 Å². The van der Waals surface area contributed by atoms with Crippen LogP contribution in [0.2, 0.25) is 5.02 Å². The fraction of sp³-hybridized carbons (Fsp3) is 0.357. The van der Waals surface area contributed by atoms with Gasteiger partial charge in [0.1, 0.15) is 0 Å². The number of carbonyl (C=O) groups is 1. The lowest BCUT2D eigenvalue weighted by molar-refractivity contribution is -0.109. The van der Waals surface area contributed by atoms with Crippen LogP contribution in [0.3, 0.4) is 0 Å². The van der Waals surface area contributed by atoms with Crippen molar-refractivity contribution in [3.63, 3.8) is 0 Å². The molecular weight excluding hydrogens is 326 g/mol. The second-order valence-electron chi connectivity index (χ2n) is 4.72. The Morgan fingerprint density at radius 2 is 2.05 bits per heavy atom. The van der Waals surface area contributed by atoms with E-state index < -0.39 is 10.0 Å². The Kier molecular flexibility index (Phi) is 7.37. The van der Waals surface area contributed by atoms with Gasteiger partial charge in [0.2, 0.25) is 16.4 Å². The Bertz CT molecular complexity index is 713. The van der Waals surface area contributed by atoms with Crippen molar-refractivity contribution in [3.05, 3.63) is 35.0 Å². The van der Waals surface area contributed by atoms with E-state index in [1.54, 1.807) is 0 Å². The lowest BCUT2D eigenvalue weighted by Gasteiger charge is -2.02. The molecule has 2 rings (SSSR count). The van der Waals surface area contributed by atoms with Crippen LogP contribution in [0.4, 0.5) is 0 Å². The van der Waals surface area contributed by atoms with E-state index in [2.05, 4.69) is 11.1 Å². The summed E-state index contributed by atoms with van der Waals surface area (Å²) in [5.74, 6) is 0.0460. The van der Waals surface area contributed by atoms with Gasteiger partial charge < -0.3 is 4.98 Å². The molecule has 0 spiro atoms. The lowest BCUT2D eigenvalue weighted by atomic mass is 10.2. The van der Waals surface area contributed by atoms with E-state index in [-0.39, 0.29) is 12.2 Å². The third kappa shape index (κ3) is 6.46. The number of aromatic amines is 1. The molecule has 0 aliphatic rings. The summed E-state index contributed by atoms with van der Waals surface area (Å²) in [7, 11) is -3.30. The lowest BCUT2D eigenvalue weighted by Crippen LogP contribution is -2.37. The first-order chi connectivity index (χ1) is 10.4. The van der Waals surface area contributed by atoms with Crippen LogP contribution in [0, 0.1) is 6.92 Å². The first-order valence-electron chi connectivity index (χ1n) is 6.81. The smallest absolute Gasteiger partial charge is 0.228 e. The summed E-state index contributed by atoms with van der Waals surface area (Å²) in [5, 5.41) is 1.96. The number of unbranched alkanes of at least 4 members (excludes halogenated alkanes) is 1. The number of fused-ring (bicyclic) bond motifs is 1. The maximum absolute atomic E-state index is 10.8. The Morgan fingerprint density at radius 3 is 2.68 bits per heavy atom. The fourth-order valence-corrected chi connectivity index (χ4v) is 2.93. The summed E-state index contributed by atoms with van der Waals surface area (Å²) in [5.41, 5.74) is 4.19. The topological polar surface area (TPSA) is 91.1 Å². The van der Waals surface area contributed by atoms with Crippen LogP contribution >= 0.6 is 11.6 Å². The van der Waals surface area contributed by atoms with Gasteiger partial charge in [0, 0.05) is 21.6 Å². The van der Waals surface area contributed by atoms with E-state index in [0.29, 0.717) is 6.42 Å². The molecule has 0 radical (unpaired) electrons. The number of aromatic nitrogens is 1. The van der Waals surface area contributed by atoms with Gasteiger partial charge in [0.15, 0.2) is 0 Å². The Labute approximate surface area is 135 Å². The van der Waals surface area contributed by atoms with E-state index in [4.69, 9.17) is 11.6 Å². The summed E-state index contributed by atoms with van der Waals surface area (Å²) in [6, 6.07) is 7.92. The predicted octanol–water partition coefficient (Wildman–Crippen LogP) is 2.50. The average Bonchev–Trinajstić information content (AvgIpc) is 2.83. The largest absolute Gasteiger partial charge is 0.359 e. The van der Waals surface area contributed by atoms with Gasteiger partial charge >= 0.3 is 0 Å². The number of rotatable bonds is 6. The number of hydrogen-bond acceptors (Lipinski definition) is 3. The molecule has 0 fully saturated rings. The summed E-state index contributed by atoms with van der Waals surface area (Å²) in [6.45, 7) is 3.93. The van der Waals surface area contributed by atoms with Crippen molar-refractivity contribution < 1.29 is 13.2 Å². The minimum Gasteiger partial charge on any atom is -0.359 e. The normalized spacial score (nSPS) is 10.9. The van der Waals surface area contributed by atoms with Crippen LogP contribution in [0.1, 0.15) is 25.5 Å². The first kappa shape index (κ1) is 18.5. The average molecular weight is 346 g/mol. The standard InChI is InChI=1S/C9H8ClN.C5H12N2O3S/c1-6-4-7-5-8(10)2-3-9(7)11-6;1-2-3-4-11(9,10)7-6-5-8/h2-5,11H,1H3;5,7H,2-4H2,1H3,(H,6,8). The predicted molar refractivity (Wildman–Crippen MR) is 89.1 cm³/mol. The van der Waals surface area contributed by atoms with Crippen LogP contribution in [-0.2, 0) is 14.8 Å². The molecule has 0 aliphatic heterocycles. The minimum atomic E-state index is -3.30. The number of amides is 1. The number of hydrazine groups is 1. The highest BCUT2D eigenvalue weighted by atomic mass is 35.5. The number of aryl methyl sites for hydroxylation is 1. The molecule has 0 bridgehead atoms. The van der Waals surface area contributed by atoms with E-state index in [9.17, 15) is 13.2 Å². The molecular formula is C14H20ClN3O3S. The molecule has 1 heterocycles. The third-order valence-electron chi connectivity index (χ3n) is 2.76. The highest BCUT2D eigenvalue weighted by molar-refractivity contribution is 7.89. The molecule has 6 nitrogen and oxygen atoms in total. The second-order valence-corrected chi connectivity index (χ2v) is 7.00. The maximum atomic E-state index is 10.8. The van der Waals surface area contributed by atoms with Gasteiger partial charge in [-0.25, -0.2) is 8.42 Å². The maximum Gasteiger partial charge on any atom is 0.228 e. The highest BCUT2D eigenvalue weighted by Crippen LogP contribution is 2.19. The zero-order valence-corrected chi connectivity index (χ0v) is 14.1. The van der Waals surface area contributed by atoms with Gasteiger partial charge in [-0.15, -0.1) is 4.83 Å². The molecule has 1 aromatic heterocycles. The number of nitrogens with one attached hydrogen (secondary N) is 3. The van der Waals surface area contributed by atoms with E-state index >= 15 is 0 Å². The van der Waals surface area contributed by atoms with Crippen molar-refractivity contribution in [2.45, 2.75) is 26.7 Å². The quantitative estimate of drug-likeness (QED) is 0.555. The number of hydrogen-bond donors (Lipinski definition) is 3. The molecule has 0 atom stereocenters. The third-order valence-corrected chi connectivity index (χ3v) is 4.25. The van der Waals surface area contributed by atoms with E-state index in [0.717, 1.165) is 17.0 Å². The van der Waals surface area contributed by atoms with E-state index in [1.807, 2.05) is 42.3 Å². The highest BCUT2D eigenvalue weighted by Gasteiger charge is 2.06. The SMILES string of the molecule is CCCCS(=O)(=O)NNC=O.Cc1cc2cc(Cl)ccc2[nH]1. The monoisotopic (exact) mass is 345 g/mol. The van der Waals surface area contributed by atoms with Crippen molar-refractivity contribution >= 4 is 38.9 Å². The molecule has 22 heavy (non-hydrogen) atoms. The fourth-order valence-electron chi connectivity index (χ4n) is 1.75. The molecule has 0 aliphatic carbocycles.